The van der Waals surface area contributed by atoms with Crippen molar-refractivity contribution in [1.29, 1.82) is 0 Å². The molecule has 6 rings (SSSR count). The van der Waals surface area contributed by atoms with Gasteiger partial charge in [0.25, 0.3) is 5.91 Å². The van der Waals surface area contributed by atoms with E-state index in [0.717, 1.165) is 55.4 Å². The molecule has 1 saturated heterocycles. The summed E-state index contributed by atoms with van der Waals surface area (Å²) >= 11 is 0. The molecule has 2 fully saturated rings. The number of aromatic nitrogens is 4. The van der Waals surface area contributed by atoms with Crippen LogP contribution in [0.15, 0.2) is 49.1 Å². The number of aryl methyl sites for hydroxylation is 1. The van der Waals surface area contributed by atoms with Crippen molar-refractivity contribution in [3.8, 4) is 16.8 Å². The van der Waals surface area contributed by atoms with Gasteiger partial charge in [0, 0.05) is 29.6 Å². The second-order valence-corrected chi connectivity index (χ2v) is 9.97. The lowest BCUT2D eigenvalue weighted by Gasteiger charge is -2.29. The molecule has 3 aromatic heterocycles. The summed E-state index contributed by atoms with van der Waals surface area (Å²) in [5.74, 6) is -0.327. The Balaban J connectivity index is 1.33. The van der Waals surface area contributed by atoms with Gasteiger partial charge in [-0.2, -0.15) is 10.2 Å². The van der Waals surface area contributed by atoms with E-state index in [4.69, 9.17) is 0 Å². The number of nitrogens with one attached hydrogen (secondary N) is 1. The Labute approximate surface area is 203 Å². The van der Waals surface area contributed by atoms with E-state index >= 15 is 0 Å². The van der Waals surface area contributed by atoms with Crippen molar-refractivity contribution in [2.45, 2.75) is 44.6 Å². The highest BCUT2D eigenvalue weighted by Crippen LogP contribution is 2.32. The van der Waals surface area contributed by atoms with Gasteiger partial charge in [-0.1, -0.05) is 0 Å². The van der Waals surface area contributed by atoms with E-state index in [9.17, 15) is 9.18 Å². The molecule has 4 heterocycles. The molecule has 1 aliphatic heterocycles. The summed E-state index contributed by atoms with van der Waals surface area (Å²) in [5.41, 5.74) is 5.76. The van der Waals surface area contributed by atoms with Crippen LogP contribution in [0.25, 0.3) is 22.3 Å². The third kappa shape index (κ3) is 4.23. The fourth-order valence-electron chi connectivity index (χ4n) is 4.98. The lowest BCUT2D eigenvalue weighted by Crippen LogP contribution is -2.29. The number of benzene rings is 1. The van der Waals surface area contributed by atoms with Crippen LogP contribution in [0.4, 0.5) is 4.39 Å². The molecule has 1 aromatic carbocycles. The molecule has 1 aliphatic carbocycles. The lowest BCUT2D eigenvalue weighted by atomic mass is 9.90. The summed E-state index contributed by atoms with van der Waals surface area (Å²) < 4.78 is 18.2. The molecule has 0 atom stereocenters. The van der Waals surface area contributed by atoms with Gasteiger partial charge in [-0.05, 0) is 94.1 Å². The van der Waals surface area contributed by atoms with Gasteiger partial charge in [-0.25, -0.2) is 13.6 Å². The average molecular weight is 473 g/mol. The topological polar surface area (TPSA) is 67.5 Å². The number of amides is 1. The van der Waals surface area contributed by atoms with Gasteiger partial charge in [-0.15, -0.1) is 0 Å². The molecule has 1 saturated carbocycles. The lowest BCUT2D eigenvalue weighted by molar-refractivity contribution is 0.0947. The number of rotatable bonds is 5. The number of piperidine rings is 1. The van der Waals surface area contributed by atoms with Crippen LogP contribution in [-0.2, 0) is 0 Å². The minimum Gasteiger partial charge on any atom is -0.349 e. The molecular formula is C27H29FN6O. The molecule has 0 unspecified atom stereocenters. The number of nitrogens with zero attached hydrogens (tertiary/aromatic N) is 5. The second kappa shape index (κ2) is 8.61. The number of carbonyl (C=O) groups is 1. The summed E-state index contributed by atoms with van der Waals surface area (Å²) in [6.07, 6.45) is 11.8. The van der Waals surface area contributed by atoms with E-state index in [1.165, 1.54) is 11.6 Å². The first-order chi connectivity index (χ1) is 17.0. The van der Waals surface area contributed by atoms with Gasteiger partial charge in [0.05, 0.1) is 29.2 Å². The smallest absolute Gasteiger partial charge is 0.254 e. The molecule has 35 heavy (non-hydrogen) atoms. The number of pyridine rings is 1. The zero-order valence-electron chi connectivity index (χ0n) is 20.0. The molecule has 0 bridgehead atoms. The summed E-state index contributed by atoms with van der Waals surface area (Å²) in [5, 5.41) is 12.0. The molecule has 0 radical (unpaired) electrons. The summed E-state index contributed by atoms with van der Waals surface area (Å²) in [4.78, 5) is 14.9. The Morgan fingerprint density at radius 1 is 1.09 bits per heavy atom. The predicted molar refractivity (Wildman–Crippen MR) is 132 cm³/mol. The molecule has 0 spiro atoms. The van der Waals surface area contributed by atoms with E-state index in [1.54, 1.807) is 16.9 Å². The monoisotopic (exact) mass is 472 g/mol. The molecule has 2 aliphatic rings. The number of hydrogen-bond acceptors (Lipinski definition) is 4. The van der Waals surface area contributed by atoms with Crippen molar-refractivity contribution in [3.63, 3.8) is 0 Å². The van der Waals surface area contributed by atoms with Crippen molar-refractivity contribution in [1.82, 2.24) is 29.6 Å². The third-order valence-electron chi connectivity index (χ3n) is 7.32. The Bertz CT molecular complexity index is 1410. The minimum absolute atomic E-state index is 0.0494. The average Bonchev–Trinajstić information content (AvgIpc) is 3.36. The van der Waals surface area contributed by atoms with Crippen LogP contribution >= 0.6 is 0 Å². The SMILES string of the molecule is Cc1cc(F)c(C(=O)NC2CC2)cc1-n1cc(-c2cnn3ccc(C4CCN(C)CC4)cc23)cn1. The Hall–Kier alpha value is -3.52. The highest BCUT2D eigenvalue weighted by molar-refractivity contribution is 5.95. The highest BCUT2D eigenvalue weighted by atomic mass is 19.1. The Morgan fingerprint density at radius 3 is 2.66 bits per heavy atom. The second-order valence-electron chi connectivity index (χ2n) is 9.97. The number of likely N-dealkylation sites (tertiary alicyclic amines) is 1. The number of fused-ring (bicyclic) bond motifs is 1. The first kappa shape index (κ1) is 22.0. The van der Waals surface area contributed by atoms with E-state index in [1.807, 2.05) is 30.0 Å². The van der Waals surface area contributed by atoms with Crippen LogP contribution in [0, 0.1) is 12.7 Å². The first-order valence-corrected chi connectivity index (χ1v) is 12.3. The maximum atomic E-state index is 14.6. The van der Waals surface area contributed by atoms with Gasteiger partial charge in [-0.3, -0.25) is 4.79 Å². The van der Waals surface area contributed by atoms with Gasteiger partial charge in [0.1, 0.15) is 5.82 Å². The molecule has 1 amide bonds. The quantitative estimate of drug-likeness (QED) is 0.469. The zero-order chi connectivity index (χ0) is 24.1. The van der Waals surface area contributed by atoms with Crippen LogP contribution in [0.3, 0.4) is 0 Å². The normalized spacial score (nSPS) is 17.2. The van der Waals surface area contributed by atoms with E-state index < -0.39 is 5.82 Å². The maximum Gasteiger partial charge on any atom is 0.254 e. The van der Waals surface area contributed by atoms with E-state index in [2.05, 4.69) is 39.6 Å². The number of halogens is 1. The summed E-state index contributed by atoms with van der Waals surface area (Å²) in [7, 11) is 2.18. The van der Waals surface area contributed by atoms with Crippen LogP contribution in [0.5, 0.6) is 0 Å². The fourth-order valence-corrected chi connectivity index (χ4v) is 4.98. The van der Waals surface area contributed by atoms with Crippen molar-refractivity contribution >= 4 is 11.4 Å². The molecular weight excluding hydrogens is 443 g/mol. The predicted octanol–water partition coefficient (Wildman–Crippen LogP) is 4.34. The zero-order valence-corrected chi connectivity index (χ0v) is 20.0. The van der Waals surface area contributed by atoms with E-state index in [-0.39, 0.29) is 17.5 Å². The molecule has 180 valence electrons. The van der Waals surface area contributed by atoms with Crippen molar-refractivity contribution in [2.24, 2.45) is 0 Å². The van der Waals surface area contributed by atoms with Crippen LogP contribution < -0.4 is 5.32 Å². The maximum absolute atomic E-state index is 14.6. The number of hydrogen-bond donors (Lipinski definition) is 1. The Kier molecular flexibility index (Phi) is 5.40. The van der Waals surface area contributed by atoms with Crippen molar-refractivity contribution in [3.05, 3.63) is 71.6 Å². The van der Waals surface area contributed by atoms with Gasteiger partial charge in [0.15, 0.2) is 0 Å². The standard InChI is InChI=1S/C27H29FN6O/c1-17-11-24(28)22(27(35)31-21-3-4-21)13-25(17)34-16-20(14-29-34)23-15-30-33-10-7-19(12-26(23)33)18-5-8-32(2)9-6-18/h7,10-16,18,21H,3-6,8-9H2,1-2H3,(H,31,35). The minimum atomic E-state index is -0.513. The summed E-state index contributed by atoms with van der Waals surface area (Å²) in [6.45, 7) is 4.06. The van der Waals surface area contributed by atoms with Crippen LogP contribution in [0.1, 0.15) is 53.1 Å². The van der Waals surface area contributed by atoms with Crippen LogP contribution in [-0.4, -0.2) is 56.4 Å². The number of carbonyl (C=O) groups excluding carboxylic acids is 1. The first-order valence-electron chi connectivity index (χ1n) is 12.3. The highest BCUT2D eigenvalue weighted by Gasteiger charge is 2.26. The third-order valence-corrected chi connectivity index (χ3v) is 7.32. The van der Waals surface area contributed by atoms with Crippen molar-refractivity contribution < 1.29 is 9.18 Å². The molecule has 1 N–H and O–H groups in total. The van der Waals surface area contributed by atoms with Crippen LogP contribution in [0.2, 0.25) is 0 Å². The van der Waals surface area contributed by atoms with Crippen molar-refractivity contribution in [2.75, 3.05) is 20.1 Å². The van der Waals surface area contributed by atoms with Gasteiger partial charge >= 0.3 is 0 Å². The van der Waals surface area contributed by atoms with Gasteiger partial charge in [0.2, 0.25) is 0 Å². The molecule has 4 aromatic rings. The molecule has 7 nitrogen and oxygen atoms in total. The summed E-state index contributed by atoms with van der Waals surface area (Å²) in [6, 6.07) is 7.59. The molecule has 8 heteroatoms. The van der Waals surface area contributed by atoms with E-state index in [0.29, 0.717) is 17.2 Å². The largest absolute Gasteiger partial charge is 0.349 e. The Morgan fingerprint density at radius 2 is 1.89 bits per heavy atom. The van der Waals surface area contributed by atoms with Gasteiger partial charge < -0.3 is 10.2 Å². The fraction of sp³-hybridized carbons (Fsp3) is 0.370.